The van der Waals surface area contributed by atoms with Crippen LogP contribution in [-0.2, 0) is 15.8 Å². The van der Waals surface area contributed by atoms with E-state index < -0.39 is 82.2 Å². The summed E-state index contributed by atoms with van der Waals surface area (Å²) in [4.78, 5) is 41.8. The lowest BCUT2D eigenvalue weighted by Gasteiger charge is -2.36. The summed E-state index contributed by atoms with van der Waals surface area (Å²) in [5.74, 6) is -4.52. The molecule has 1 saturated heterocycles. The van der Waals surface area contributed by atoms with Crippen LogP contribution in [0.4, 0.5) is 26.3 Å². The number of carboxylic acids is 1. The van der Waals surface area contributed by atoms with E-state index in [0.29, 0.717) is 32.0 Å². The molecule has 2 aromatic carbocycles. The molecule has 2 heterocycles. The number of benzene rings is 2. The maximum atomic E-state index is 16.5. The first-order valence-electron chi connectivity index (χ1n) is 17.1. The van der Waals surface area contributed by atoms with Crippen LogP contribution in [0.15, 0.2) is 35.3 Å². The Morgan fingerprint density at radius 1 is 1.00 bits per heavy atom. The van der Waals surface area contributed by atoms with E-state index >= 15 is 8.78 Å². The maximum Gasteiger partial charge on any atom is 0.416 e. The molecule has 1 fully saturated rings. The number of pyridine rings is 1. The minimum absolute atomic E-state index is 0.0866. The van der Waals surface area contributed by atoms with Crippen LogP contribution < -0.4 is 10.9 Å². The number of likely N-dealkylation sites (tertiary alicyclic amines) is 1. The topological polar surface area (TPSA) is 91.6 Å². The largest absolute Gasteiger partial charge is 0.481 e. The maximum absolute atomic E-state index is 16.5. The van der Waals surface area contributed by atoms with E-state index in [4.69, 9.17) is 6.42 Å². The van der Waals surface area contributed by atoms with E-state index in [1.807, 2.05) is 13.8 Å². The Hall–Kier alpha value is -4.57. The molecule has 2 atom stereocenters. The zero-order chi connectivity index (χ0) is 38.8. The molecule has 0 radical (unpaired) electrons. The average molecular weight is 732 g/mol. The Kier molecular flexibility index (Phi) is 12.4. The zero-order valence-electron chi connectivity index (χ0n) is 29.9. The highest BCUT2D eigenvalue weighted by atomic mass is 19.4. The number of hydrogen-bond acceptors (Lipinski definition) is 4. The monoisotopic (exact) mass is 731 g/mol. The molecule has 13 heteroatoms. The van der Waals surface area contributed by atoms with Gasteiger partial charge in [-0.05, 0) is 112 Å². The van der Waals surface area contributed by atoms with E-state index in [1.54, 1.807) is 13.8 Å². The van der Waals surface area contributed by atoms with Gasteiger partial charge in [-0.2, -0.15) is 13.2 Å². The third kappa shape index (κ3) is 8.72. The summed E-state index contributed by atoms with van der Waals surface area (Å²) in [7, 11) is 0. The number of halogens is 6. The second-order valence-electron chi connectivity index (χ2n) is 14.2. The molecule has 7 nitrogen and oxygen atoms in total. The lowest BCUT2D eigenvalue weighted by atomic mass is 9.86. The summed E-state index contributed by atoms with van der Waals surface area (Å²) in [5, 5.41) is 12.2. The lowest BCUT2D eigenvalue weighted by molar-refractivity contribution is -0.139. The molecule has 1 amide bonds. The minimum Gasteiger partial charge on any atom is -0.481 e. The van der Waals surface area contributed by atoms with Crippen molar-refractivity contribution in [2.45, 2.75) is 97.4 Å². The Morgan fingerprint density at radius 3 is 2.10 bits per heavy atom. The lowest BCUT2D eigenvalue weighted by Crippen LogP contribution is -2.41. The van der Waals surface area contributed by atoms with Gasteiger partial charge in [-0.15, -0.1) is 6.42 Å². The number of carbonyl (C=O) groups is 2. The second kappa shape index (κ2) is 16.0. The van der Waals surface area contributed by atoms with Crippen molar-refractivity contribution in [2.75, 3.05) is 13.1 Å². The standard InChI is InChI=1S/C39H43F6N3O4/c1-8-24-16-27(34-22(6)14-26(40)15-23(34)7)37(42)35(36(24)41)30(18-33(50)51)46-38(52)31(13-20(2)3)48-19-28(29(17-32(48)49)39(43,44)45)25-9-11-47(12-10-25)21(4)5/h1,14-17,19-21,25,30-31H,9-13,18H2,2-7H3,(H,46,52)(H,50,51). The van der Waals surface area contributed by atoms with Gasteiger partial charge < -0.3 is 19.9 Å². The van der Waals surface area contributed by atoms with Crippen LogP contribution in [0.1, 0.15) is 105 Å². The molecule has 1 aliphatic rings. The fraction of sp³-hybridized carbons (Fsp3) is 0.462. The molecule has 0 spiro atoms. The number of terminal acetylenes is 1. The Balaban J connectivity index is 1.86. The number of aromatic nitrogens is 1. The van der Waals surface area contributed by atoms with Crippen LogP contribution in [0.3, 0.4) is 0 Å². The second-order valence-corrected chi connectivity index (χ2v) is 14.2. The number of carbonyl (C=O) groups excluding carboxylic acids is 1. The number of piperidine rings is 1. The van der Waals surface area contributed by atoms with Crippen LogP contribution in [0.5, 0.6) is 0 Å². The van der Waals surface area contributed by atoms with Crippen LogP contribution >= 0.6 is 0 Å². The quantitative estimate of drug-likeness (QED) is 0.154. The molecule has 0 saturated carbocycles. The molecule has 3 aromatic rings. The van der Waals surface area contributed by atoms with Gasteiger partial charge in [0.2, 0.25) is 5.91 Å². The van der Waals surface area contributed by atoms with Crippen molar-refractivity contribution < 1.29 is 41.0 Å². The number of nitrogens with one attached hydrogen (secondary N) is 1. The molecular formula is C39H43F6N3O4. The highest BCUT2D eigenvalue weighted by Crippen LogP contribution is 2.40. The van der Waals surface area contributed by atoms with Gasteiger partial charge >= 0.3 is 12.1 Å². The number of hydrogen-bond donors (Lipinski definition) is 2. The summed E-state index contributed by atoms with van der Waals surface area (Å²) >= 11 is 0. The first kappa shape index (κ1) is 40.2. The van der Waals surface area contributed by atoms with E-state index in [2.05, 4.69) is 16.1 Å². The molecule has 280 valence electrons. The molecule has 1 aromatic heterocycles. The average Bonchev–Trinajstić information content (AvgIpc) is 3.03. The summed E-state index contributed by atoms with van der Waals surface area (Å²) in [6.45, 7) is 11.4. The van der Waals surface area contributed by atoms with Gasteiger partial charge in [-0.3, -0.25) is 14.4 Å². The van der Waals surface area contributed by atoms with Crippen LogP contribution in [0.25, 0.3) is 11.1 Å². The van der Waals surface area contributed by atoms with Gasteiger partial charge in [0.05, 0.1) is 23.6 Å². The van der Waals surface area contributed by atoms with Crippen LogP contribution in [0.2, 0.25) is 0 Å². The number of nitrogens with zero attached hydrogens (tertiary/aromatic N) is 2. The number of alkyl halides is 3. The van der Waals surface area contributed by atoms with Gasteiger partial charge in [0.15, 0.2) is 0 Å². The first-order valence-corrected chi connectivity index (χ1v) is 17.1. The SMILES string of the molecule is C#Cc1cc(-c2c(C)cc(F)cc2C)c(F)c(C(CC(=O)O)NC(=O)C(CC(C)C)n2cc(C3CCN(C(C)C)CC3)c(C(F)(F)F)cc2=O)c1F. The molecule has 52 heavy (non-hydrogen) atoms. The van der Waals surface area contributed by atoms with Crippen molar-refractivity contribution in [3.63, 3.8) is 0 Å². The van der Waals surface area contributed by atoms with Crippen LogP contribution in [0, 0.1) is 49.6 Å². The van der Waals surface area contributed by atoms with Crippen molar-refractivity contribution in [1.82, 2.24) is 14.8 Å². The number of amides is 1. The van der Waals surface area contributed by atoms with Crippen molar-refractivity contribution >= 4 is 11.9 Å². The van der Waals surface area contributed by atoms with Crippen molar-refractivity contribution in [2.24, 2.45) is 5.92 Å². The summed E-state index contributed by atoms with van der Waals surface area (Å²) in [5.41, 5.74) is -3.21. The smallest absolute Gasteiger partial charge is 0.416 e. The number of carboxylic acid groups (broad SMARTS) is 1. The predicted molar refractivity (Wildman–Crippen MR) is 185 cm³/mol. The van der Waals surface area contributed by atoms with Crippen molar-refractivity contribution in [1.29, 1.82) is 0 Å². The minimum atomic E-state index is -4.86. The summed E-state index contributed by atoms with van der Waals surface area (Å²) < 4.78 is 90.6. The van der Waals surface area contributed by atoms with E-state index in [-0.39, 0.29) is 46.2 Å². The van der Waals surface area contributed by atoms with Crippen LogP contribution in [-0.4, -0.2) is 45.6 Å². The van der Waals surface area contributed by atoms with Gasteiger partial charge in [0.1, 0.15) is 23.5 Å². The summed E-state index contributed by atoms with van der Waals surface area (Å²) in [6.07, 6.45) is 1.39. The van der Waals surface area contributed by atoms with Gasteiger partial charge in [0, 0.05) is 29.4 Å². The fourth-order valence-electron chi connectivity index (χ4n) is 7.15. The number of aryl methyl sites for hydroxylation is 2. The summed E-state index contributed by atoms with van der Waals surface area (Å²) in [6, 6.07) is 0.604. The van der Waals surface area contributed by atoms with Crippen molar-refractivity contribution in [3.05, 3.63) is 91.6 Å². The van der Waals surface area contributed by atoms with Gasteiger partial charge in [-0.1, -0.05) is 19.8 Å². The first-order chi connectivity index (χ1) is 24.2. The van der Waals surface area contributed by atoms with E-state index in [0.717, 1.165) is 29.0 Å². The predicted octanol–water partition coefficient (Wildman–Crippen LogP) is 8.06. The molecule has 2 N–H and O–H groups in total. The Morgan fingerprint density at radius 2 is 1.60 bits per heavy atom. The molecule has 2 unspecified atom stereocenters. The zero-order valence-corrected chi connectivity index (χ0v) is 29.9. The van der Waals surface area contributed by atoms with Gasteiger partial charge in [0.25, 0.3) is 5.56 Å². The van der Waals surface area contributed by atoms with Gasteiger partial charge in [-0.25, -0.2) is 13.2 Å². The van der Waals surface area contributed by atoms with E-state index in [9.17, 15) is 37.1 Å². The molecule has 1 aliphatic heterocycles. The highest BCUT2D eigenvalue weighted by molar-refractivity contribution is 5.82. The molecule has 0 aliphatic carbocycles. The Bertz CT molecular complexity index is 1910. The third-order valence-corrected chi connectivity index (χ3v) is 9.65. The normalized spacial score (nSPS) is 15.5. The molecular weight excluding hydrogens is 688 g/mol. The number of aliphatic carboxylic acids is 1. The van der Waals surface area contributed by atoms with E-state index in [1.165, 1.54) is 13.8 Å². The molecule has 4 rings (SSSR count). The third-order valence-electron chi connectivity index (χ3n) is 9.65. The Labute approximate surface area is 299 Å². The number of rotatable bonds is 11. The fourth-order valence-corrected chi connectivity index (χ4v) is 7.15. The van der Waals surface area contributed by atoms with Crippen molar-refractivity contribution in [3.8, 4) is 23.5 Å². The highest BCUT2D eigenvalue weighted by Gasteiger charge is 2.39. The molecule has 0 bridgehead atoms.